The van der Waals surface area contributed by atoms with Gasteiger partial charge in [-0.05, 0) is 56.8 Å². The van der Waals surface area contributed by atoms with Crippen molar-refractivity contribution < 1.29 is 31.7 Å². The van der Waals surface area contributed by atoms with Crippen LogP contribution in [0.1, 0.15) is 57.8 Å². The molecular formula is C16H24O7S. The molecule has 4 bridgehead atoms. The average molecular weight is 360 g/mol. The molecule has 0 unspecified atom stereocenters. The summed E-state index contributed by atoms with van der Waals surface area (Å²) in [5.41, 5.74) is 0. The zero-order valence-corrected chi connectivity index (χ0v) is 14.4. The smallest absolute Gasteiger partial charge is 0.312 e. The minimum Gasteiger partial charge on any atom is -0.312 e. The highest BCUT2D eigenvalue weighted by molar-refractivity contribution is 7.80. The van der Waals surface area contributed by atoms with Gasteiger partial charge in [-0.1, -0.05) is 0 Å². The minimum absolute atomic E-state index is 0.417. The molecule has 0 atom stereocenters. The van der Waals surface area contributed by atoms with Crippen LogP contribution in [0.2, 0.25) is 0 Å². The second-order valence-corrected chi connectivity index (χ2v) is 9.48. The van der Waals surface area contributed by atoms with Crippen molar-refractivity contribution in [2.75, 3.05) is 0 Å². The Bertz CT molecular complexity index is 594. The number of hydrogen-bond acceptors (Lipinski definition) is 6. The highest BCUT2D eigenvalue weighted by atomic mass is 32.3. The lowest BCUT2D eigenvalue weighted by molar-refractivity contribution is -0.390. The van der Waals surface area contributed by atoms with Gasteiger partial charge in [-0.3, -0.25) is 4.55 Å². The summed E-state index contributed by atoms with van der Waals surface area (Å²) in [6.45, 7) is 0. The first kappa shape index (κ1) is 16.0. The highest BCUT2D eigenvalue weighted by Gasteiger charge is 2.66. The summed E-state index contributed by atoms with van der Waals surface area (Å²) in [7, 11) is -4.41. The van der Waals surface area contributed by atoms with Gasteiger partial charge in [0.2, 0.25) is 11.6 Å². The van der Waals surface area contributed by atoms with E-state index in [-0.39, 0.29) is 0 Å². The van der Waals surface area contributed by atoms with Crippen molar-refractivity contribution in [3.05, 3.63) is 0 Å². The summed E-state index contributed by atoms with van der Waals surface area (Å²) in [5, 5.41) is 0. The Morgan fingerprint density at radius 2 is 1.50 bits per heavy atom. The molecule has 136 valence electrons. The van der Waals surface area contributed by atoms with Gasteiger partial charge in [0, 0.05) is 24.7 Å². The third kappa shape index (κ3) is 2.46. The Morgan fingerprint density at radius 3 is 2.04 bits per heavy atom. The van der Waals surface area contributed by atoms with E-state index >= 15 is 0 Å². The fraction of sp³-hybridized carbons (Fsp3) is 1.00. The molecule has 0 aromatic carbocycles. The highest BCUT2D eigenvalue weighted by Crippen LogP contribution is 2.63. The zero-order valence-electron chi connectivity index (χ0n) is 13.6. The van der Waals surface area contributed by atoms with Gasteiger partial charge in [0.25, 0.3) is 0 Å². The fourth-order valence-electron chi connectivity index (χ4n) is 6.09. The SMILES string of the molecule is O=S(=O)(O)OC1CCC2(CC1)OOC1(O2)C2CC3CC(C2)CC1C3. The fourth-order valence-corrected chi connectivity index (χ4v) is 6.63. The molecule has 5 aliphatic carbocycles. The maximum absolute atomic E-state index is 10.9. The minimum atomic E-state index is -4.41. The standard InChI is InChI=1S/C16H24O7S/c17-24(18,19)20-14-1-3-15(4-2-14)21-16(23-22-15)12-6-10-5-11(8-12)9-13(16)7-10/h10-14H,1-9H2,(H,17,18,19). The summed E-state index contributed by atoms with van der Waals surface area (Å²) in [5.74, 6) is 1.10. The Kier molecular flexibility index (Phi) is 3.42. The molecule has 0 radical (unpaired) electrons. The van der Waals surface area contributed by atoms with Gasteiger partial charge in [-0.2, -0.15) is 18.2 Å². The van der Waals surface area contributed by atoms with Crippen molar-refractivity contribution in [2.45, 2.75) is 75.5 Å². The number of hydrogen-bond donors (Lipinski definition) is 1. The largest absolute Gasteiger partial charge is 0.397 e. The Hall–Kier alpha value is -0.250. The van der Waals surface area contributed by atoms with Crippen molar-refractivity contribution in [1.82, 2.24) is 0 Å². The predicted octanol–water partition coefficient (Wildman–Crippen LogP) is 2.58. The molecule has 1 N–H and O–H groups in total. The molecule has 24 heavy (non-hydrogen) atoms. The number of rotatable bonds is 2. The average Bonchev–Trinajstić information content (AvgIpc) is 2.87. The van der Waals surface area contributed by atoms with E-state index in [1.54, 1.807) is 0 Å². The Balaban J connectivity index is 1.30. The van der Waals surface area contributed by atoms with Crippen molar-refractivity contribution in [1.29, 1.82) is 0 Å². The Labute approximate surface area is 141 Å². The van der Waals surface area contributed by atoms with Crippen LogP contribution in [0.15, 0.2) is 0 Å². The van der Waals surface area contributed by atoms with Crippen molar-refractivity contribution in [3.8, 4) is 0 Å². The van der Waals surface area contributed by atoms with Crippen LogP contribution >= 0.6 is 0 Å². The summed E-state index contributed by atoms with van der Waals surface area (Å²) in [6.07, 6.45) is 7.46. The second kappa shape index (κ2) is 5.14. The Morgan fingerprint density at radius 1 is 0.917 bits per heavy atom. The van der Waals surface area contributed by atoms with Crippen LogP contribution in [0.4, 0.5) is 0 Å². The van der Waals surface area contributed by atoms with E-state index in [1.807, 2.05) is 0 Å². The van der Waals surface area contributed by atoms with Gasteiger partial charge in [0.15, 0.2) is 0 Å². The van der Waals surface area contributed by atoms with Gasteiger partial charge in [0.05, 0.1) is 6.10 Å². The molecular weight excluding hydrogens is 336 g/mol. The van der Waals surface area contributed by atoms with Crippen LogP contribution in [0, 0.1) is 23.7 Å². The monoisotopic (exact) mass is 360 g/mol. The van der Waals surface area contributed by atoms with E-state index in [9.17, 15) is 8.42 Å². The van der Waals surface area contributed by atoms with Crippen LogP contribution in [0.25, 0.3) is 0 Å². The molecule has 1 aliphatic heterocycles. The normalized spacial score (nSPS) is 53.3. The van der Waals surface area contributed by atoms with Crippen LogP contribution < -0.4 is 0 Å². The zero-order chi connectivity index (χ0) is 16.6. The quantitative estimate of drug-likeness (QED) is 0.598. The molecule has 0 aromatic heterocycles. The van der Waals surface area contributed by atoms with Crippen LogP contribution in [0.3, 0.4) is 0 Å². The summed E-state index contributed by atoms with van der Waals surface area (Å²) >= 11 is 0. The van der Waals surface area contributed by atoms with Gasteiger partial charge in [0.1, 0.15) is 0 Å². The van der Waals surface area contributed by atoms with E-state index < -0.39 is 28.1 Å². The maximum Gasteiger partial charge on any atom is 0.397 e. The first-order chi connectivity index (χ1) is 11.4. The van der Waals surface area contributed by atoms with Crippen molar-refractivity contribution >= 4 is 10.4 Å². The maximum atomic E-state index is 10.9. The topological polar surface area (TPSA) is 91.3 Å². The molecule has 7 nitrogen and oxygen atoms in total. The van der Waals surface area contributed by atoms with E-state index in [2.05, 4.69) is 4.18 Å². The van der Waals surface area contributed by atoms with Crippen LogP contribution in [0.5, 0.6) is 0 Å². The van der Waals surface area contributed by atoms with E-state index in [1.165, 1.54) is 32.1 Å². The van der Waals surface area contributed by atoms with E-state index in [0.29, 0.717) is 37.5 Å². The first-order valence-corrected chi connectivity index (χ1v) is 10.5. The molecule has 6 fully saturated rings. The summed E-state index contributed by atoms with van der Waals surface area (Å²) < 4.78 is 41.8. The third-order valence-electron chi connectivity index (χ3n) is 6.90. The molecule has 2 spiro atoms. The summed E-state index contributed by atoms with van der Waals surface area (Å²) in [4.78, 5) is 11.7. The van der Waals surface area contributed by atoms with Gasteiger partial charge in [-0.25, -0.2) is 4.18 Å². The molecule has 5 saturated carbocycles. The first-order valence-electron chi connectivity index (χ1n) is 9.08. The van der Waals surface area contributed by atoms with E-state index in [0.717, 1.165) is 11.8 Å². The van der Waals surface area contributed by atoms with Crippen molar-refractivity contribution in [3.63, 3.8) is 0 Å². The molecule has 6 rings (SSSR count). The lowest BCUT2D eigenvalue weighted by atomic mass is 9.53. The third-order valence-corrected chi connectivity index (χ3v) is 7.41. The second-order valence-electron chi connectivity index (χ2n) is 8.43. The molecule has 8 heteroatoms. The van der Waals surface area contributed by atoms with Crippen molar-refractivity contribution in [2.24, 2.45) is 23.7 Å². The van der Waals surface area contributed by atoms with Crippen LogP contribution in [-0.4, -0.2) is 30.6 Å². The molecule has 0 amide bonds. The van der Waals surface area contributed by atoms with Crippen LogP contribution in [-0.2, 0) is 29.1 Å². The lowest BCUT2D eigenvalue weighted by Gasteiger charge is -2.57. The summed E-state index contributed by atoms with van der Waals surface area (Å²) in [6, 6.07) is 0. The molecule has 6 aliphatic rings. The molecule has 0 aromatic rings. The molecule has 1 saturated heterocycles. The lowest BCUT2D eigenvalue weighted by Crippen LogP contribution is -2.59. The number of ether oxygens (including phenoxy) is 1. The van der Waals surface area contributed by atoms with Gasteiger partial charge >= 0.3 is 10.4 Å². The van der Waals surface area contributed by atoms with E-state index in [4.69, 9.17) is 19.1 Å². The predicted molar refractivity (Wildman–Crippen MR) is 80.7 cm³/mol. The van der Waals surface area contributed by atoms with Gasteiger partial charge in [-0.15, -0.1) is 0 Å². The van der Waals surface area contributed by atoms with Gasteiger partial charge < -0.3 is 4.74 Å². The molecule has 1 heterocycles.